The molecule has 5 heteroatoms. The molecule has 3 nitrogen and oxygen atoms in total. The van der Waals surface area contributed by atoms with Gasteiger partial charge in [0.2, 0.25) is 0 Å². The predicted octanol–water partition coefficient (Wildman–Crippen LogP) is -4.82. The van der Waals surface area contributed by atoms with E-state index in [1.54, 1.807) is 0 Å². The Balaban J connectivity index is 0. The zero-order valence-electron chi connectivity index (χ0n) is 2.89. The molecule has 0 aliphatic carbocycles. The summed E-state index contributed by atoms with van der Waals surface area (Å²) in [7, 11) is 0. The van der Waals surface area contributed by atoms with Crippen LogP contribution >= 0.6 is 0 Å². The molecule has 0 atom stereocenters. The Morgan fingerprint density at radius 2 is 0.800 bits per heavy atom. The van der Waals surface area contributed by atoms with Crippen molar-refractivity contribution in [3.8, 4) is 0 Å². The van der Waals surface area contributed by atoms with E-state index in [4.69, 9.17) is 0 Å². The van der Waals surface area contributed by atoms with E-state index in [-0.39, 0.29) is 68.4 Å². The fourth-order valence-corrected chi connectivity index (χ4v) is 0. The molecule has 29 valence electrons. The van der Waals surface area contributed by atoms with Crippen LogP contribution in [0.2, 0.25) is 0 Å². The third-order valence-corrected chi connectivity index (χ3v) is 0. The molecule has 0 aliphatic rings. The van der Waals surface area contributed by atoms with Crippen LogP contribution in [0.1, 0.15) is 0 Å². The zero-order valence-corrected chi connectivity index (χ0v) is 7.09. The molecule has 0 spiro atoms. The standard InChI is InChI=1S/Na.Nb.3H2O/h;;3*1H2/q+1;;;;/p-1. The van der Waals surface area contributed by atoms with Crippen LogP contribution < -0.4 is 29.6 Å². The molecule has 0 aromatic heterocycles. The topological polar surface area (TPSA) is 93.0 Å². The van der Waals surface area contributed by atoms with Crippen molar-refractivity contribution in [3.05, 3.63) is 0 Å². The van der Waals surface area contributed by atoms with E-state index in [1.807, 2.05) is 0 Å². The maximum atomic E-state index is 0. The molecule has 0 saturated heterocycles. The van der Waals surface area contributed by atoms with Crippen molar-refractivity contribution in [1.82, 2.24) is 0 Å². The summed E-state index contributed by atoms with van der Waals surface area (Å²) in [5.41, 5.74) is 0. The Morgan fingerprint density at radius 3 is 0.800 bits per heavy atom. The molecule has 0 amide bonds. The second-order valence-corrected chi connectivity index (χ2v) is 0. The third-order valence-electron chi connectivity index (χ3n) is 0. The SMILES string of the molecule is O.O.[Na+].[Nb].[OH-]. The molecule has 0 fully saturated rings. The van der Waals surface area contributed by atoms with Crippen LogP contribution in [-0.2, 0) is 22.4 Å². The summed E-state index contributed by atoms with van der Waals surface area (Å²) in [5, 5.41) is 0. The quantitative estimate of drug-likeness (QED) is 0.334. The van der Waals surface area contributed by atoms with E-state index in [2.05, 4.69) is 0 Å². The minimum atomic E-state index is 0. The average Bonchev–Trinajstić information content (AvgIpc) is 0. The molecular formula is H5NaNbO3. The first kappa shape index (κ1) is 79.7. The summed E-state index contributed by atoms with van der Waals surface area (Å²) >= 11 is 0. The molecule has 0 bridgehead atoms. The summed E-state index contributed by atoms with van der Waals surface area (Å²) in [6.45, 7) is 0. The predicted molar refractivity (Wildman–Crippen MR) is 9.16 cm³/mol. The van der Waals surface area contributed by atoms with Crippen molar-refractivity contribution < 1.29 is 68.4 Å². The zero-order chi connectivity index (χ0) is 0. The van der Waals surface area contributed by atoms with Crippen LogP contribution in [0.25, 0.3) is 0 Å². The van der Waals surface area contributed by atoms with Gasteiger partial charge in [-0.15, -0.1) is 0 Å². The van der Waals surface area contributed by atoms with E-state index in [0.29, 0.717) is 0 Å². The number of rotatable bonds is 0. The van der Waals surface area contributed by atoms with Crippen LogP contribution in [0.15, 0.2) is 0 Å². The second kappa shape index (κ2) is 45.7. The molecular weight excluding hydrogens is 164 g/mol. The molecule has 0 saturated carbocycles. The van der Waals surface area contributed by atoms with E-state index in [9.17, 15) is 0 Å². The maximum Gasteiger partial charge on any atom is 1.00 e. The van der Waals surface area contributed by atoms with E-state index in [1.165, 1.54) is 0 Å². The molecule has 0 unspecified atom stereocenters. The first-order valence-corrected chi connectivity index (χ1v) is 0. The molecule has 0 heterocycles. The molecule has 5 heavy (non-hydrogen) atoms. The molecule has 0 rings (SSSR count). The van der Waals surface area contributed by atoms with Crippen molar-refractivity contribution in [1.29, 1.82) is 0 Å². The van der Waals surface area contributed by atoms with Gasteiger partial charge in [-0.05, 0) is 0 Å². The Hall–Kier alpha value is 1.62. The summed E-state index contributed by atoms with van der Waals surface area (Å²) in [6.07, 6.45) is 0. The summed E-state index contributed by atoms with van der Waals surface area (Å²) < 4.78 is 0. The van der Waals surface area contributed by atoms with E-state index < -0.39 is 0 Å². The number of hydrogen-bond acceptors (Lipinski definition) is 1. The Kier molecular flexibility index (Phi) is 728. The minimum Gasteiger partial charge on any atom is -0.870 e. The van der Waals surface area contributed by atoms with Gasteiger partial charge in [0.25, 0.3) is 0 Å². The summed E-state index contributed by atoms with van der Waals surface area (Å²) in [5.74, 6) is 0. The second-order valence-electron chi connectivity index (χ2n) is 0. The average molecular weight is 169 g/mol. The van der Waals surface area contributed by atoms with Gasteiger partial charge in [-0.1, -0.05) is 0 Å². The van der Waals surface area contributed by atoms with Crippen LogP contribution in [0.4, 0.5) is 0 Å². The van der Waals surface area contributed by atoms with Crippen LogP contribution in [0, 0.1) is 0 Å². The van der Waals surface area contributed by atoms with Gasteiger partial charge in [-0.2, -0.15) is 0 Å². The van der Waals surface area contributed by atoms with Crippen LogP contribution in [-0.4, -0.2) is 16.4 Å². The Morgan fingerprint density at radius 1 is 0.800 bits per heavy atom. The van der Waals surface area contributed by atoms with Gasteiger partial charge in [-0.25, -0.2) is 0 Å². The third kappa shape index (κ3) is 28.1. The normalized spacial score (nSPS) is 0. The Labute approximate surface area is 67.9 Å². The van der Waals surface area contributed by atoms with E-state index >= 15 is 0 Å². The first-order valence-electron chi connectivity index (χ1n) is 0. The molecule has 0 aliphatic heterocycles. The molecule has 0 aromatic carbocycles. The van der Waals surface area contributed by atoms with Crippen molar-refractivity contribution in [2.75, 3.05) is 0 Å². The van der Waals surface area contributed by atoms with Crippen LogP contribution in [0.3, 0.4) is 0 Å². The summed E-state index contributed by atoms with van der Waals surface area (Å²) in [4.78, 5) is 0. The van der Waals surface area contributed by atoms with Crippen molar-refractivity contribution >= 4 is 0 Å². The number of hydrogen-bond donors (Lipinski definition) is 0. The van der Waals surface area contributed by atoms with Gasteiger partial charge in [0, 0.05) is 22.4 Å². The van der Waals surface area contributed by atoms with Gasteiger partial charge in [0.05, 0.1) is 0 Å². The maximum absolute atomic E-state index is 0. The molecule has 5 N–H and O–H groups in total. The minimum absolute atomic E-state index is 0. The summed E-state index contributed by atoms with van der Waals surface area (Å²) in [6, 6.07) is 0. The largest absolute Gasteiger partial charge is 1.00 e. The van der Waals surface area contributed by atoms with Gasteiger partial charge >= 0.3 is 29.6 Å². The smallest absolute Gasteiger partial charge is 0.870 e. The first-order chi connectivity index (χ1) is 0. The fourth-order valence-electron chi connectivity index (χ4n) is 0. The van der Waals surface area contributed by atoms with Gasteiger partial charge < -0.3 is 16.4 Å². The molecule has 1 radical (unpaired) electrons. The van der Waals surface area contributed by atoms with Gasteiger partial charge in [-0.3, -0.25) is 0 Å². The van der Waals surface area contributed by atoms with Gasteiger partial charge in [0.1, 0.15) is 0 Å². The van der Waals surface area contributed by atoms with E-state index in [0.717, 1.165) is 0 Å². The monoisotopic (exact) mass is 169 g/mol. The fraction of sp³-hybridized carbons (Fsp3) is 0. The van der Waals surface area contributed by atoms with Crippen molar-refractivity contribution in [2.45, 2.75) is 0 Å². The molecule has 0 aromatic rings. The Bertz CT molecular complexity index is 6.85. The van der Waals surface area contributed by atoms with Crippen molar-refractivity contribution in [2.24, 2.45) is 0 Å². The van der Waals surface area contributed by atoms with Gasteiger partial charge in [0.15, 0.2) is 0 Å². The van der Waals surface area contributed by atoms with Crippen LogP contribution in [0.5, 0.6) is 0 Å². The van der Waals surface area contributed by atoms with Crippen molar-refractivity contribution in [3.63, 3.8) is 0 Å².